The monoisotopic (exact) mass is 296 g/mol. The first-order chi connectivity index (χ1) is 10.6. The van der Waals surface area contributed by atoms with Gasteiger partial charge in [-0.05, 0) is 38.1 Å². The second-order valence-electron chi connectivity index (χ2n) is 5.00. The van der Waals surface area contributed by atoms with Crippen molar-refractivity contribution < 1.29 is 13.9 Å². The van der Waals surface area contributed by atoms with Gasteiger partial charge in [-0.2, -0.15) is 0 Å². The molecular weight excluding hydrogens is 280 g/mol. The van der Waals surface area contributed by atoms with E-state index in [0.717, 1.165) is 5.56 Å². The Kier molecular flexibility index (Phi) is 3.59. The summed E-state index contributed by atoms with van der Waals surface area (Å²) in [6, 6.07) is 12.6. The van der Waals surface area contributed by atoms with Crippen LogP contribution >= 0.6 is 0 Å². The van der Waals surface area contributed by atoms with Crippen LogP contribution in [0, 0.1) is 13.8 Å². The number of rotatable bonds is 3. The normalized spacial score (nSPS) is 10.7. The minimum absolute atomic E-state index is 0.187. The Morgan fingerprint density at radius 3 is 2.41 bits per heavy atom. The van der Waals surface area contributed by atoms with E-state index in [4.69, 9.17) is 13.9 Å². The summed E-state index contributed by atoms with van der Waals surface area (Å²) in [6.45, 7) is 3.58. The molecule has 22 heavy (non-hydrogen) atoms. The Balaban J connectivity index is 2.19. The van der Waals surface area contributed by atoms with Crippen molar-refractivity contribution in [3.05, 3.63) is 64.0 Å². The summed E-state index contributed by atoms with van der Waals surface area (Å²) >= 11 is 0. The van der Waals surface area contributed by atoms with Crippen molar-refractivity contribution in [2.45, 2.75) is 13.8 Å². The van der Waals surface area contributed by atoms with Gasteiger partial charge in [0, 0.05) is 5.56 Å². The molecule has 0 saturated carbocycles. The molecule has 0 aliphatic carbocycles. The van der Waals surface area contributed by atoms with Gasteiger partial charge in [0.2, 0.25) is 11.2 Å². The molecule has 2 aromatic carbocycles. The highest BCUT2D eigenvalue weighted by atomic mass is 16.5. The molecule has 0 fully saturated rings. The molecule has 0 bridgehead atoms. The van der Waals surface area contributed by atoms with Crippen LogP contribution in [0.5, 0.6) is 17.2 Å². The number of aryl methyl sites for hydroxylation is 2. The van der Waals surface area contributed by atoms with Gasteiger partial charge in [-0.3, -0.25) is 4.79 Å². The number of ether oxygens (including phenoxy) is 2. The topological polar surface area (TPSA) is 48.7 Å². The summed E-state index contributed by atoms with van der Waals surface area (Å²) in [7, 11) is 1.59. The lowest BCUT2D eigenvalue weighted by Crippen LogP contribution is -2.08. The molecule has 3 aromatic rings. The van der Waals surface area contributed by atoms with Gasteiger partial charge in [0.05, 0.1) is 12.5 Å². The average Bonchev–Trinajstić information content (AvgIpc) is 2.53. The third kappa shape index (κ3) is 2.33. The molecule has 0 unspecified atom stereocenters. The maximum absolute atomic E-state index is 12.7. The number of fused-ring (bicyclic) bond motifs is 1. The average molecular weight is 296 g/mol. The van der Waals surface area contributed by atoms with Crippen LogP contribution in [-0.4, -0.2) is 7.11 Å². The minimum Gasteiger partial charge on any atom is -0.496 e. The predicted octanol–water partition coefficient (Wildman–Crippen LogP) is 4.21. The predicted molar refractivity (Wildman–Crippen MR) is 85.0 cm³/mol. The molecule has 1 heterocycles. The van der Waals surface area contributed by atoms with Crippen LogP contribution in [0.4, 0.5) is 0 Å². The summed E-state index contributed by atoms with van der Waals surface area (Å²) < 4.78 is 16.8. The zero-order chi connectivity index (χ0) is 15.7. The molecule has 0 spiro atoms. The first-order valence-corrected chi connectivity index (χ1v) is 6.95. The molecule has 4 nitrogen and oxygen atoms in total. The summed E-state index contributed by atoms with van der Waals surface area (Å²) in [4.78, 5) is 12.7. The van der Waals surface area contributed by atoms with Crippen molar-refractivity contribution in [2.75, 3.05) is 7.11 Å². The van der Waals surface area contributed by atoms with Crippen molar-refractivity contribution in [1.29, 1.82) is 0 Å². The van der Waals surface area contributed by atoms with Gasteiger partial charge in [-0.25, -0.2) is 0 Å². The van der Waals surface area contributed by atoms with Gasteiger partial charge >= 0.3 is 0 Å². The Morgan fingerprint density at radius 2 is 1.73 bits per heavy atom. The highest BCUT2D eigenvalue weighted by molar-refractivity contribution is 5.83. The van der Waals surface area contributed by atoms with Crippen LogP contribution in [0.1, 0.15) is 11.3 Å². The number of hydrogen-bond acceptors (Lipinski definition) is 4. The third-order valence-electron chi connectivity index (χ3n) is 3.56. The highest BCUT2D eigenvalue weighted by Gasteiger charge is 2.16. The zero-order valence-corrected chi connectivity index (χ0v) is 12.7. The second-order valence-corrected chi connectivity index (χ2v) is 5.00. The van der Waals surface area contributed by atoms with Crippen molar-refractivity contribution >= 4 is 11.0 Å². The fourth-order valence-electron chi connectivity index (χ4n) is 2.41. The van der Waals surface area contributed by atoms with E-state index < -0.39 is 0 Å². The van der Waals surface area contributed by atoms with Gasteiger partial charge in [-0.15, -0.1) is 0 Å². The largest absolute Gasteiger partial charge is 0.496 e. The zero-order valence-electron chi connectivity index (χ0n) is 12.7. The number of benzene rings is 2. The molecule has 3 rings (SSSR count). The van der Waals surface area contributed by atoms with Gasteiger partial charge < -0.3 is 13.9 Å². The van der Waals surface area contributed by atoms with E-state index in [2.05, 4.69) is 0 Å². The Labute approximate surface area is 127 Å². The van der Waals surface area contributed by atoms with Gasteiger partial charge in [-0.1, -0.05) is 18.2 Å². The molecule has 112 valence electrons. The van der Waals surface area contributed by atoms with E-state index in [1.807, 2.05) is 25.1 Å². The maximum atomic E-state index is 12.7. The molecule has 4 heteroatoms. The van der Waals surface area contributed by atoms with E-state index in [1.165, 1.54) is 0 Å². The van der Waals surface area contributed by atoms with Crippen LogP contribution in [0.3, 0.4) is 0 Å². The Bertz CT molecular complexity index is 879. The van der Waals surface area contributed by atoms with Crippen molar-refractivity contribution in [3.63, 3.8) is 0 Å². The van der Waals surface area contributed by atoms with Crippen molar-refractivity contribution in [1.82, 2.24) is 0 Å². The fourth-order valence-corrected chi connectivity index (χ4v) is 2.41. The summed E-state index contributed by atoms with van der Waals surface area (Å²) in [5, 5.41) is 0.481. The van der Waals surface area contributed by atoms with E-state index in [-0.39, 0.29) is 11.2 Å². The van der Waals surface area contributed by atoms with Crippen LogP contribution in [0.25, 0.3) is 11.0 Å². The SMILES string of the molecule is COc1ccc2c(=O)c(Oc3ccccc3)c(C)oc2c1C. The minimum atomic E-state index is -0.187. The number of hydrogen-bond donors (Lipinski definition) is 0. The standard InChI is InChI=1S/C18H16O4/c1-11-15(20-3)10-9-14-16(19)18(12(2)21-17(11)14)22-13-7-5-4-6-8-13/h4-10H,1-3H3. The molecule has 0 saturated heterocycles. The molecule has 0 aliphatic rings. The number of para-hydroxylation sites is 1. The molecule has 0 amide bonds. The first kappa shape index (κ1) is 14.2. The van der Waals surface area contributed by atoms with E-state index >= 15 is 0 Å². The van der Waals surface area contributed by atoms with E-state index in [0.29, 0.717) is 28.2 Å². The second kappa shape index (κ2) is 5.56. The molecular formula is C18H16O4. The van der Waals surface area contributed by atoms with E-state index in [1.54, 1.807) is 38.3 Å². The molecule has 1 aromatic heterocycles. The quantitative estimate of drug-likeness (QED) is 0.726. The molecule has 0 atom stereocenters. The van der Waals surface area contributed by atoms with Crippen LogP contribution in [-0.2, 0) is 0 Å². The smallest absolute Gasteiger partial charge is 0.235 e. The van der Waals surface area contributed by atoms with Gasteiger partial charge in [0.25, 0.3) is 0 Å². The molecule has 0 N–H and O–H groups in total. The fraction of sp³-hybridized carbons (Fsp3) is 0.167. The van der Waals surface area contributed by atoms with Crippen molar-refractivity contribution in [3.8, 4) is 17.2 Å². The lowest BCUT2D eigenvalue weighted by atomic mass is 10.1. The van der Waals surface area contributed by atoms with Gasteiger partial charge in [0.15, 0.2) is 0 Å². The van der Waals surface area contributed by atoms with Crippen molar-refractivity contribution in [2.24, 2.45) is 0 Å². The highest BCUT2D eigenvalue weighted by Crippen LogP contribution is 2.30. The summed E-state index contributed by atoms with van der Waals surface area (Å²) in [6.07, 6.45) is 0. The molecule has 0 aliphatic heterocycles. The van der Waals surface area contributed by atoms with Gasteiger partial charge in [0.1, 0.15) is 22.8 Å². The lowest BCUT2D eigenvalue weighted by Gasteiger charge is -2.11. The lowest BCUT2D eigenvalue weighted by molar-refractivity contribution is 0.409. The first-order valence-electron chi connectivity index (χ1n) is 6.95. The third-order valence-corrected chi connectivity index (χ3v) is 3.56. The van der Waals surface area contributed by atoms with E-state index in [9.17, 15) is 4.79 Å². The maximum Gasteiger partial charge on any atom is 0.235 e. The summed E-state index contributed by atoms with van der Waals surface area (Å²) in [5.74, 6) is 1.94. The number of methoxy groups -OCH3 is 1. The Hall–Kier alpha value is -2.75. The van der Waals surface area contributed by atoms with Crippen LogP contribution < -0.4 is 14.9 Å². The van der Waals surface area contributed by atoms with Crippen LogP contribution in [0.15, 0.2) is 51.7 Å². The van der Waals surface area contributed by atoms with Crippen LogP contribution in [0.2, 0.25) is 0 Å². The Morgan fingerprint density at radius 1 is 1.00 bits per heavy atom. The molecule has 0 radical (unpaired) electrons. The summed E-state index contributed by atoms with van der Waals surface area (Å²) in [5.41, 5.74) is 1.14.